The van der Waals surface area contributed by atoms with Crippen LogP contribution in [-0.4, -0.2) is 13.0 Å². The molecule has 0 fully saturated rings. The minimum Gasteiger partial charge on any atom is -0.326 e. The second-order valence-electron chi connectivity index (χ2n) is 4.55. The van der Waals surface area contributed by atoms with Crippen LogP contribution in [0, 0.1) is 2.88 Å². The van der Waals surface area contributed by atoms with E-state index in [2.05, 4.69) is 56.8 Å². The maximum atomic E-state index is 11.4. The summed E-state index contributed by atoms with van der Waals surface area (Å²) < 4.78 is 1.28. The molecule has 98 valence electrons. The second kappa shape index (κ2) is 5.22. The molecule has 1 unspecified atom stereocenters. The van der Waals surface area contributed by atoms with Crippen molar-refractivity contribution in [2.45, 2.75) is 12.5 Å². The first-order valence-corrected chi connectivity index (χ1v) is 7.97. The molecule has 1 aromatic heterocycles. The summed E-state index contributed by atoms with van der Waals surface area (Å²) in [7, 11) is 1.96. The number of thiophene rings is 1. The van der Waals surface area contributed by atoms with Gasteiger partial charge < -0.3 is 10.6 Å². The van der Waals surface area contributed by atoms with Crippen molar-refractivity contribution in [3.05, 3.63) is 49.2 Å². The van der Waals surface area contributed by atoms with E-state index in [9.17, 15) is 4.79 Å². The monoisotopic (exact) mass is 384 g/mol. The Morgan fingerprint density at radius 2 is 2.21 bits per heavy atom. The highest BCUT2D eigenvalue weighted by molar-refractivity contribution is 14.1. The zero-order valence-corrected chi connectivity index (χ0v) is 13.3. The summed E-state index contributed by atoms with van der Waals surface area (Å²) in [5.41, 5.74) is 4.51. The maximum Gasteiger partial charge on any atom is 0.228 e. The number of carbonyl (C=O) groups excluding carboxylic acids is 1. The lowest BCUT2D eigenvalue weighted by atomic mass is 9.98. The lowest BCUT2D eigenvalue weighted by Gasteiger charge is -2.16. The molecule has 2 heterocycles. The Morgan fingerprint density at radius 1 is 1.37 bits per heavy atom. The molecule has 5 heteroatoms. The Balaban J connectivity index is 1.97. The minimum atomic E-state index is 0.0817. The molecule has 3 rings (SSSR count). The molecule has 0 saturated heterocycles. The van der Waals surface area contributed by atoms with Crippen LogP contribution in [0.15, 0.2) is 29.6 Å². The molecule has 1 atom stereocenters. The van der Waals surface area contributed by atoms with Crippen molar-refractivity contribution in [2.24, 2.45) is 0 Å². The highest BCUT2D eigenvalue weighted by Crippen LogP contribution is 2.31. The van der Waals surface area contributed by atoms with Crippen LogP contribution in [0.25, 0.3) is 0 Å². The Morgan fingerprint density at radius 3 is 2.89 bits per heavy atom. The first-order chi connectivity index (χ1) is 9.17. The molecule has 3 nitrogen and oxygen atoms in total. The first kappa shape index (κ1) is 13.1. The number of hydrogen-bond acceptors (Lipinski definition) is 3. The van der Waals surface area contributed by atoms with Crippen LogP contribution < -0.4 is 10.6 Å². The third kappa shape index (κ3) is 2.54. The first-order valence-electron chi connectivity index (χ1n) is 6.01. The van der Waals surface area contributed by atoms with Crippen LogP contribution >= 0.6 is 33.9 Å². The quantitative estimate of drug-likeness (QED) is 0.799. The summed E-state index contributed by atoms with van der Waals surface area (Å²) in [6.45, 7) is 0. The van der Waals surface area contributed by atoms with Crippen molar-refractivity contribution in [1.82, 2.24) is 5.32 Å². The van der Waals surface area contributed by atoms with Gasteiger partial charge in [-0.25, -0.2) is 0 Å². The van der Waals surface area contributed by atoms with Crippen molar-refractivity contribution in [2.75, 3.05) is 12.4 Å². The van der Waals surface area contributed by atoms with Gasteiger partial charge in [-0.1, -0.05) is 12.1 Å². The van der Waals surface area contributed by atoms with Crippen LogP contribution in [0.5, 0.6) is 0 Å². The molecule has 0 bridgehead atoms. The summed E-state index contributed by atoms with van der Waals surface area (Å²) in [4.78, 5) is 11.4. The highest BCUT2D eigenvalue weighted by Gasteiger charge is 2.20. The molecule has 0 radical (unpaired) electrons. The Labute approximate surface area is 129 Å². The van der Waals surface area contributed by atoms with Crippen LogP contribution in [-0.2, 0) is 11.2 Å². The summed E-state index contributed by atoms with van der Waals surface area (Å²) in [6.07, 6.45) is 0.487. The Kier molecular flexibility index (Phi) is 3.60. The summed E-state index contributed by atoms with van der Waals surface area (Å²) in [6, 6.07) is 8.58. The number of halogens is 1. The molecule has 0 saturated carbocycles. The summed E-state index contributed by atoms with van der Waals surface area (Å²) in [5.74, 6) is 0.0817. The molecular weight excluding hydrogens is 371 g/mol. The molecule has 1 aliphatic heterocycles. The smallest absolute Gasteiger partial charge is 0.228 e. The SMILES string of the molecule is CNC(c1csc(I)c1)c1ccc2c(c1)CC(=O)N2. The fourth-order valence-corrected chi connectivity index (χ4v) is 3.83. The predicted molar refractivity (Wildman–Crippen MR) is 86.7 cm³/mol. The number of amides is 1. The molecule has 2 N–H and O–H groups in total. The van der Waals surface area contributed by atoms with Gasteiger partial charge in [0.05, 0.1) is 15.3 Å². The van der Waals surface area contributed by atoms with Gasteiger partial charge in [-0.3, -0.25) is 4.79 Å². The molecule has 1 aromatic carbocycles. The van der Waals surface area contributed by atoms with Gasteiger partial charge in [-0.2, -0.15) is 0 Å². The normalized spacial score (nSPS) is 15.2. The van der Waals surface area contributed by atoms with Crippen molar-refractivity contribution in [3.63, 3.8) is 0 Å². The van der Waals surface area contributed by atoms with Gasteiger partial charge >= 0.3 is 0 Å². The maximum absolute atomic E-state index is 11.4. The topological polar surface area (TPSA) is 41.1 Å². The van der Waals surface area contributed by atoms with E-state index in [0.717, 1.165) is 11.3 Å². The van der Waals surface area contributed by atoms with E-state index in [4.69, 9.17) is 0 Å². The zero-order chi connectivity index (χ0) is 13.4. The Bertz CT molecular complexity index is 638. The summed E-state index contributed by atoms with van der Waals surface area (Å²) in [5, 5.41) is 8.40. The highest BCUT2D eigenvalue weighted by atomic mass is 127. The number of rotatable bonds is 3. The zero-order valence-electron chi connectivity index (χ0n) is 10.4. The predicted octanol–water partition coefficient (Wildman–Crippen LogP) is 3.16. The average Bonchev–Trinajstić information content (AvgIpc) is 2.95. The third-order valence-electron chi connectivity index (χ3n) is 3.30. The Hall–Kier alpha value is -0.920. The number of fused-ring (bicyclic) bond motifs is 1. The van der Waals surface area contributed by atoms with E-state index in [1.165, 1.54) is 14.0 Å². The molecular formula is C14H13IN2OS. The molecule has 0 aliphatic carbocycles. The molecule has 19 heavy (non-hydrogen) atoms. The number of nitrogens with one attached hydrogen (secondary N) is 2. The van der Waals surface area contributed by atoms with E-state index < -0.39 is 0 Å². The van der Waals surface area contributed by atoms with Gasteiger partial charge in [0.2, 0.25) is 5.91 Å². The lowest BCUT2D eigenvalue weighted by molar-refractivity contribution is -0.115. The van der Waals surface area contributed by atoms with E-state index in [0.29, 0.717) is 6.42 Å². The van der Waals surface area contributed by atoms with Gasteiger partial charge in [0.1, 0.15) is 0 Å². The van der Waals surface area contributed by atoms with Gasteiger partial charge in [0, 0.05) is 5.69 Å². The van der Waals surface area contributed by atoms with Crippen LogP contribution in [0.3, 0.4) is 0 Å². The number of carbonyl (C=O) groups is 1. The molecule has 1 amide bonds. The van der Waals surface area contributed by atoms with Crippen LogP contribution in [0.2, 0.25) is 0 Å². The second-order valence-corrected chi connectivity index (χ2v) is 7.35. The molecule has 1 aliphatic rings. The summed E-state index contributed by atoms with van der Waals surface area (Å²) >= 11 is 4.09. The number of hydrogen-bond donors (Lipinski definition) is 2. The van der Waals surface area contributed by atoms with Gasteiger partial charge in [-0.05, 0) is 63.8 Å². The van der Waals surface area contributed by atoms with E-state index in [1.54, 1.807) is 11.3 Å². The van der Waals surface area contributed by atoms with Crippen molar-refractivity contribution < 1.29 is 4.79 Å². The molecule has 2 aromatic rings. The standard InChI is InChI=1S/C14H13IN2OS/c1-16-14(10-5-12(15)19-7-10)8-2-3-11-9(4-8)6-13(18)17-11/h2-5,7,14,16H,6H2,1H3,(H,17,18). The fourth-order valence-electron chi connectivity index (χ4n) is 2.43. The van der Waals surface area contributed by atoms with Crippen LogP contribution in [0.1, 0.15) is 22.7 Å². The molecule has 0 spiro atoms. The van der Waals surface area contributed by atoms with Gasteiger partial charge in [-0.15, -0.1) is 11.3 Å². The minimum absolute atomic E-state index is 0.0817. The van der Waals surface area contributed by atoms with Gasteiger partial charge in [0.25, 0.3) is 0 Å². The van der Waals surface area contributed by atoms with Crippen molar-refractivity contribution in [1.29, 1.82) is 0 Å². The van der Waals surface area contributed by atoms with E-state index in [1.807, 2.05) is 13.1 Å². The number of anilines is 1. The van der Waals surface area contributed by atoms with Crippen molar-refractivity contribution >= 4 is 45.5 Å². The van der Waals surface area contributed by atoms with E-state index >= 15 is 0 Å². The lowest BCUT2D eigenvalue weighted by Crippen LogP contribution is -2.17. The van der Waals surface area contributed by atoms with Gasteiger partial charge in [0.15, 0.2) is 0 Å². The number of benzene rings is 1. The third-order valence-corrected chi connectivity index (χ3v) is 5.10. The van der Waals surface area contributed by atoms with E-state index in [-0.39, 0.29) is 11.9 Å². The van der Waals surface area contributed by atoms with Crippen molar-refractivity contribution in [3.8, 4) is 0 Å². The average molecular weight is 384 g/mol. The van der Waals surface area contributed by atoms with Crippen LogP contribution in [0.4, 0.5) is 5.69 Å². The largest absolute Gasteiger partial charge is 0.326 e. The fraction of sp³-hybridized carbons (Fsp3) is 0.214.